The van der Waals surface area contributed by atoms with E-state index in [0.717, 1.165) is 11.3 Å². The third-order valence-corrected chi connectivity index (χ3v) is 7.36. The number of halogens is 1. The molecule has 2 aromatic carbocycles. The first kappa shape index (κ1) is 24.6. The Labute approximate surface area is 213 Å². The molecule has 35 heavy (non-hydrogen) atoms. The molecule has 0 aliphatic carbocycles. The number of carbonyl (C=O) groups excluding carboxylic acids is 3. The van der Waals surface area contributed by atoms with Crippen LogP contribution in [0.3, 0.4) is 0 Å². The number of rotatable bonds is 6. The van der Waals surface area contributed by atoms with E-state index in [4.69, 9.17) is 9.47 Å². The van der Waals surface area contributed by atoms with Gasteiger partial charge in [0.1, 0.15) is 23.3 Å². The van der Waals surface area contributed by atoms with Crippen LogP contribution in [0, 0.1) is 6.92 Å². The van der Waals surface area contributed by atoms with E-state index >= 15 is 0 Å². The molecule has 0 unspecified atom stereocenters. The van der Waals surface area contributed by atoms with E-state index in [-0.39, 0.29) is 22.2 Å². The summed E-state index contributed by atoms with van der Waals surface area (Å²) in [7, 11) is 3.00. The molecule has 8 nitrogen and oxygen atoms in total. The first-order valence-electron chi connectivity index (χ1n) is 10.4. The number of ketones is 2. The van der Waals surface area contributed by atoms with Gasteiger partial charge in [0.2, 0.25) is 0 Å². The van der Waals surface area contributed by atoms with Crippen LogP contribution in [-0.2, 0) is 9.59 Å². The van der Waals surface area contributed by atoms with Crippen LogP contribution >= 0.6 is 27.3 Å². The Balaban J connectivity index is 1.99. The summed E-state index contributed by atoms with van der Waals surface area (Å²) in [6.45, 7) is 3.08. The maximum absolute atomic E-state index is 13.4. The van der Waals surface area contributed by atoms with E-state index in [2.05, 4.69) is 20.9 Å². The average Bonchev–Trinajstić information content (AvgIpc) is 3.35. The SMILES string of the molecule is COc1ccc(C(O)=C2C(=O)C(=O)N(c3nc(C)c(C(C)=O)s3)[C@H]2c2cc(Br)ccc2OC)cc1. The maximum Gasteiger partial charge on any atom is 0.301 e. The Kier molecular flexibility index (Phi) is 6.77. The maximum atomic E-state index is 13.4. The second-order valence-corrected chi connectivity index (χ2v) is 9.64. The number of hydrogen-bond acceptors (Lipinski definition) is 8. The van der Waals surface area contributed by atoms with Crippen LogP contribution in [0.4, 0.5) is 5.13 Å². The van der Waals surface area contributed by atoms with E-state index in [0.29, 0.717) is 37.7 Å². The normalized spacial score (nSPS) is 17.1. The molecule has 1 fully saturated rings. The van der Waals surface area contributed by atoms with Crippen molar-refractivity contribution in [1.29, 1.82) is 0 Å². The third-order valence-electron chi connectivity index (χ3n) is 5.61. The molecule has 1 N–H and O–H groups in total. The lowest BCUT2D eigenvalue weighted by atomic mass is 9.94. The monoisotopic (exact) mass is 556 g/mol. The van der Waals surface area contributed by atoms with Crippen molar-refractivity contribution < 1.29 is 29.0 Å². The number of hydrogen-bond donors (Lipinski definition) is 1. The highest BCUT2D eigenvalue weighted by Crippen LogP contribution is 2.46. The van der Waals surface area contributed by atoms with Crippen LogP contribution in [0.1, 0.15) is 39.5 Å². The van der Waals surface area contributed by atoms with Crippen LogP contribution < -0.4 is 14.4 Å². The Hall–Kier alpha value is -3.50. The van der Waals surface area contributed by atoms with Crippen molar-refractivity contribution in [2.75, 3.05) is 19.1 Å². The van der Waals surface area contributed by atoms with Gasteiger partial charge in [0.05, 0.1) is 30.4 Å². The number of thiazole rings is 1. The van der Waals surface area contributed by atoms with Gasteiger partial charge < -0.3 is 14.6 Å². The summed E-state index contributed by atoms with van der Waals surface area (Å²) >= 11 is 4.46. The zero-order valence-corrected chi connectivity index (χ0v) is 21.7. The summed E-state index contributed by atoms with van der Waals surface area (Å²) in [5, 5.41) is 11.4. The minimum absolute atomic E-state index is 0.117. The summed E-state index contributed by atoms with van der Waals surface area (Å²) in [6, 6.07) is 10.6. The quantitative estimate of drug-likeness (QED) is 0.196. The molecule has 0 saturated carbocycles. The molecule has 4 rings (SSSR count). The number of aromatic nitrogens is 1. The van der Waals surface area contributed by atoms with Crippen molar-refractivity contribution in [2.24, 2.45) is 0 Å². The molecule has 1 amide bonds. The zero-order valence-electron chi connectivity index (χ0n) is 19.3. The van der Waals surface area contributed by atoms with E-state index in [9.17, 15) is 19.5 Å². The van der Waals surface area contributed by atoms with Crippen molar-refractivity contribution >= 4 is 55.6 Å². The smallest absolute Gasteiger partial charge is 0.301 e. The van der Waals surface area contributed by atoms with E-state index in [1.54, 1.807) is 49.4 Å². The fourth-order valence-electron chi connectivity index (χ4n) is 3.96. The third kappa shape index (κ3) is 4.35. The Morgan fingerprint density at radius 3 is 2.37 bits per heavy atom. The highest BCUT2D eigenvalue weighted by atomic mass is 79.9. The lowest BCUT2D eigenvalue weighted by Crippen LogP contribution is -2.29. The fourth-order valence-corrected chi connectivity index (χ4v) is 5.33. The number of aliphatic hydroxyl groups excluding tert-OH is 1. The van der Waals surface area contributed by atoms with Gasteiger partial charge in [-0.1, -0.05) is 27.3 Å². The van der Waals surface area contributed by atoms with Gasteiger partial charge in [-0.3, -0.25) is 19.3 Å². The molecule has 2 heterocycles. The number of Topliss-reactive ketones (excluding diaryl/α,β-unsaturated/α-hetero) is 2. The lowest BCUT2D eigenvalue weighted by molar-refractivity contribution is -0.132. The number of carbonyl (C=O) groups is 3. The van der Waals surface area contributed by atoms with Crippen LogP contribution in [0.25, 0.3) is 5.76 Å². The number of nitrogens with zero attached hydrogens (tertiary/aromatic N) is 2. The van der Waals surface area contributed by atoms with Gasteiger partial charge in [-0.05, 0) is 49.4 Å². The number of aryl methyl sites for hydroxylation is 1. The fraction of sp³-hybridized carbons (Fsp3) is 0.200. The molecule has 1 aliphatic rings. The predicted molar refractivity (Wildman–Crippen MR) is 135 cm³/mol. The highest BCUT2D eigenvalue weighted by Gasteiger charge is 2.49. The zero-order chi connectivity index (χ0) is 25.4. The van der Waals surface area contributed by atoms with Crippen LogP contribution in [0.15, 0.2) is 52.5 Å². The molecular formula is C25H21BrN2O6S. The number of ether oxygens (including phenoxy) is 2. The molecule has 1 aliphatic heterocycles. The molecule has 0 spiro atoms. The summed E-state index contributed by atoms with van der Waals surface area (Å²) in [5.41, 5.74) is 1.14. The van der Waals surface area contributed by atoms with Crippen molar-refractivity contribution in [3.63, 3.8) is 0 Å². The van der Waals surface area contributed by atoms with Gasteiger partial charge in [0.25, 0.3) is 5.78 Å². The summed E-state index contributed by atoms with van der Waals surface area (Å²) < 4.78 is 11.4. The molecule has 1 atom stereocenters. The summed E-state index contributed by atoms with van der Waals surface area (Å²) in [5.74, 6) is -1.30. The molecule has 1 saturated heterocycles. The Morgan fingerprint density at radius 2 is 1.80 bits per heavy atom. The number of aliphatic hydroxyl groups is 1. The average molecular weight is 557 g/mol. The molecule has 10 heteroatoms. The second-order valence-electron chi connectivity index (χ2n) is 7.75. The first-order chi connectivity index (χ1) is 16.7. The minimum atomic E-state index is -1.05. The minimum Gasteiger partial charge on any atom is -0.507 e. The van der Waals surface area contributed by atoms with Crippen molar-refractivity contribution in [1.82, 2.24) is 4.98 Å². The van der Waals surface area contributed by atoms with Gasteiger partial charge in [-0.25, -0.2) is 4.98 Å². The van der Waals surface area contributed by atoms with Gasteiger partial charge in [-0.2, -0.15) is 0 Å². The van der Waals surface area contributed by atoms with Gasteiger partial charge >= 0.3 is 5.91 Å². The van der Waals surface area contributed by atoms with Crippen molar-refractivity contribution in [3.8, 4) is 11.5 Å². The summed E-state index contributed by atoms with van der Waals surface area (Å²) in [6.07, 6.45) is 0. The number of anilines is 1. The molecule has 3 aromatic rings. The second kappa shape index (κ2) is 9.63. The van der Waals surface area contributed by atoms with Crippen LogP contribution in [0.5, 0.6) is 11.5 Å². The molecular weight excluding hydrogens is 536 g/mol. The largest absolute Gasteiger partial charge is 0.507 e. The molecule has 1 aromatic heterocycles. The highest BCUT2D eigenvalue weighted by molar-refractivity contribution is 9.10. The summed E-state index contributed by atoms with van der Waals surface area (Å²) in [4.78, 5) is 44.8. The van der Waals surface area contributed by atoms with Gasteiger partial charge in [0, 0.05) is 22.5 Å². The van der Waals surface area contributed by atoms with Crippen molar-refractivity contribution in [2.45, 2.75) is 19.9 Å². The first-order valence-corrected chi connectivity index (χ1v) is 12.1. The standard InChI is InChI=1S/C25H21BrN2O6S/c1-12-23(13(2)29)35-25(27-12)28-20(17-11-15(26)7-10-18(17)34-4)19(22(31)24(28)32)21(30)14-5-8-16(33-3)9-6-14/h5-11,20,30H,1-4H3/t20-/m0/s1. The number of benzene rings is 2. The van der Waals surface area contributed by atoms with E-state index in [1.807, 2.05) is 0 Å². The van der Waals surface area contributed by atoms with Gasteiger partial charge in [-0.15, -0.1) is 0 Å². The van der Waals surface area contributed by atoms with E-state index < -0.39 is 17.7 Å². The molecule has 180 valence electrons. The lowest BCUT2D eigenvalue weighted by Gasteiger charge is -2.24. The Bertz CT molecular complexity index is 1380. The number of methoxy groups -OCH3 is 2. The van der Waals surface area contributed by atoms with Gasteiger partial charge in [0.15, 0.2) is 10.9 Å². The van der Waals surface area contributed by atoms with Crippen LogP contribution in [-0.4, -0.2) is 41.8 Å². The topological polar surface area (TPSA) is 106 Å². The van der Waals surface area contributed by atoms with Crippen molar-refractivity contribution in [3.05, 3.63) is 74.2 Å². The predicted octanol–water partition coefficient (Wildman–Crippen LogP) is 5.06. The number of amides is 1. The Morgan fingerprint density at radius 1 is 1.11 bits per heavy atom. The van der Waals surface area contributed by atoms with E-state index in [1.165, 1.54) is 26.0 Å². The van der Waals surface area contributed by atoms with Crippen LogP contribution in [0.2, 0.25) is 0 Å². The molecule has 0 bridgehead atoms. The molecule has 0 radical (unpaired) electrons.